The van der Waals surface area contributed by atoms with Crippen LogP contribution in [0.25, 0.3) is 131 Å². The Morgan fingerprint density at radius 3 is 1.19 bits per heavy atom. The first-order valence-electron chi connectivity index (χ1n) is 31.6. The topological polar surface area (TPSA) is 41.6 Å². The van der Waals surface area contributed by atoms with Crippen molar-refractivity contribution < 1.29 is 8.83 Å². The first-order valence-corrected chi connectivity index (χ1v) is 34.0. The van der Waals surface area contributed by atoms with Gasteiger partial charge in [-0.15, -0.1) is 0 Å². The van der Waals surface area contributed by atoms with Crippen LogP contribution in [0.5, 0.6) is 0 Å². The number of hydrogen-bond donors (Lipinski definition) is 1. The number of halogens is 3. The van der Waals surface area contributed by atoms with Crippen LogP contribution < -0.4 is 10.2 Å². The number of hydrogen-bond acceptors (Lipinski definition) is 4. The molecule has 18 rings (SSSR count). The molecule has 452 valence electrons. The molecule has 16 aromatic carbocycles. The lowest BCUT2D eigenvalue weighted by atomic mass is 9.98. The Hall–Kier alpha value is -10.8. The number of nitrogens with zero attached hydrogens (tertiary/aromatic N) is 1. The van der Waals surface area contributed by atoms with E-state index in [-0.39, 0.29) is 0 Å². The number of nitrogens with one attached hydrogen (secondary N) is 1. The molecule has 0 amide bonds. The predicted octanol–water partition coefficient (Wildman–Crippen LogP) is 27.6. The Labute approximate surface area is 575 Å². The predicted molar refractivity (Wildman–Crippen MR) is 413 cm³/mol. The van der Waals surface area contributed by atoms with E-state index in [0.29, 0.717) is 0 Å². The van der Waals surface area contributed by atoms with E-state index < -0.39 is 0 Å². The molecule has 1 N–H and O–H groups in total. The minimum Gasteiger partial charge on any atom is -0.456 e. The van der Waals surface area contributed by atoms with E-state index >= 15 is 0 Å². The molecule has 2 aromatic heterocycles. The number of fused-ring (bicyclic) bond motifs is 12. The highest BCUT2D eigenvalue weighted by molar-refractivity contribution is 9.13. The quantitative estimate of drug-likeness (QED) is 0.146. The van der Waals surface area contributed by atoms with Gasteiger partial charge in [0.05, 0.1) is 11.4 Å². The van der Waals surface area contributed by atoms with Crippen LogP contribution in [0, 0.1) is 0 Å². The zero-order valence-corrected chi connectivity index (χ0v) is 56.0. The normalized spacial score (nSPS) is 11.3. The maximum Gasteiger partial charge on any atom is 0.136 e. The molecule has 0 bridgehead atoms. The van der Waals surface area contributed by atoms with Gasteiger partial charge in [-0.1, -0.05) is 255 Å². The van der Waals surface area contributed by atoms with E-state index in [2.05, 4.69) is 361 Å². The highest BCUT2D eigenvalue weighted by Gasteiger charge is 2.23. The molecule has 4 nitrogen and oxygen atoms in total. The molecule has 0 radical (unpaired) electrons. The Morgan fingerprint density at radius 1 is 0.232 bits per heavy atom. The van der Waals surface area contributed by atoms with Crippen LogP contribution in [0.4, 0.5) is 28.4 Å². The van der Waals surface area contributed by atoms with Gasteiger partial charge in [-0.05, 0) is 210 Å². The van der Waals surface area contributed by atoms with Crippen LogP contribution in [-0.2, 0) is 0 Å². The Bertz CT molecular complexity index is 5870. The zero-order chi connectivity index (χ0) is 63.8. The molecular formula is C88H57Br3N2O2. The van der Waals surface area contributed by atoms with E-state index in [1.165, 1.54) is 76.5 Å². The van der Waals surface area contributed by atoms with Crippen LogP contribution in [0.1, 0.15) is 0 Å². The number of benzene rings is 16. The number of anilines is 5. The van der Waals surface area contributed by atoms with Gasteiger partial charge in [0.25, 0.3) is 0 Å². The van der Waals surface area contributed by atoms with Crippen molar-refractivity contribution in [2.75, 3.05) is 10.2 Å². The van der Waals surface area contributed by atoms with Gasteiger partial charge in [-0.3, -0.25) is 0 Å². The van der Waals surface area contributed by atoms with Crippen molar-refractivity contribution in [2.45, 2.75) is 0 Å². The van der Waals surface area contributed by atoms with E-state index in [1.807, 2.05) is 36.4 Å². The zero-order valence-electron chi connectivity index (χ0n) is 51.2. The summed E-state index contributed by atoms with van der Waals surface area (Å²) in [6, 6.07) is 120. The summed E-state index contributed by atoms with van der Waals surface area (Å²) >= 11 is 11.1. The molecule has 95 heavy (non-hydrogen) atoms. The summed E-state index contributed by atoms with van der Waals surface area (Å²) < 4.78 is 15.5. The number of furan rings is 2. The molecule has 0 aliphatic carbocycles. The lowest BCUT2D eigenvalue weighted by molar-refractivity contribution is 0.668. The van der Waals surface area contributed by atoms with Gasteiger partial charge in [0.15, 0.2) is 0 Å². The Balaban J connectivity index is 0.000000125. The molecule has 0 spiro atoms. The van der Waals surface area contributed by atoms with Gasteiger partial charge in [0.2, 0.25) is 0 Å². The van der Waals surface area contributed by atoms with E-state index in [1.54, 1.807) is 0 Å². The van der Waals surface area contributed by atoms with Crippen LogP contribution in [0.2, 0.25) is 0 Å². The maximum atomic E-state index is 6.50. The largest absolute Gasteiger partial charge is 0.456 e. The second kappa shape index (κ2) is 25.9. The third kappa shape index (κ3) is 11.8. The van der Waals surface area contributed by atoms with Gasteiger partial charge in [-0.2, -0.15) is 0 Å². The van der Waals surface area contributed by atoms with Crippen molar-refractivity contribution in [3.63, 3.8) is 0 Å². The molecular weight excluding hydrogens is 1360 g/mol. The summed E-state index contributed by atoms with van der Waals surface area (Å²) in [6.45, 7) is 0. The molecule has 0 aliphatic rings. The van der Waals surface area contributed by atoms with Crippen molar-refractivity contribution in [3.8, 4) is 44.5 Å². The van der Waals surface area contributed by atoms with Gasteiger partial charge in [0, 0.05) is 62.8 Å². The molecule has 0 unspecified atom stereocenters. The van der Waals surface area contributed by atoms with Crippen LogP contribution in [0.15, 0.2) is 362 Å². The molecule has 2 heterocycles. The van der Waals surface area contributed by atoms with Crippen LogP contribution in [-0.4, -0.2) is 0 Å². The summed E-state index contributed by atoms with van der Waals surface area (Å²) in [5.74, 6) is 0. The standard InChI is InChI=1S/C44H28BrNO.C26H19N.C18H10Br2O/c45-40-28-44-39(38-23-22-32(26-43(38)47-44)30-14-5-2-6-15-30)27-42(40)46(34-18-11-17-31(24-34)29-12-3-1-4-13-29)41-25-33-16-7-8-19-35(33)36-20-9-10-21-37(36)41;1-2-9-19(10-3-1)20-12-8-13-22(17-20)27-26-18-21-11-4-5-14-23(21)24-15-6-7-16-25(24)26;19-15-9-14-13-7-6-12(11-4-2-1-3-5-11)8-17(13)21-18(14)10-16(15)20/h1-28H;1-18,27H;1-10H. The molecule has 0 atom stereocenters. The first-order chi connectivity index (χ1) is 46.8. The summed E-state index contributed by atoms with van der Waals surface area (Å²) in [4.78, 5) is 2.39. The second-order valence-electron chi connectivity index (χ2n) is 23.6. The van der Waals surface area contributed by atoms with Gasteiger partial charge in [0.1, 0.15) is 22.3 Å². The van der Waals surface area contributed by atoms with Crippen LogP contribution in [0.3, 0.4) is 0 Å². The van der Waals surface area contributed by atoms with Gasteiger partial charge < -0.3 is 19.1 Å². The molecule has 0 saturated carbocycles. The highest BCUT2D eigenvalue weighted by atomic mass is 79.9. The second-order valence-corrected chi connectivity index (χ2v) is 26.2. The fraction of sp³-hybridized carbons (Fsp3) is 0. The minimum atomic E-state index is 0.849. The van der Waals surface area contributed by atoms with Gasteiger partial charge >= 0.3 is 0 Å². The minimum absolute atomic E-state index is 0.849. The molecule has 0 aliphatic heterocycles. The fourth-order valence-corrected chi connectivity index (χ4v) is 14.3. The summed E-state index contributed by atoms with van der Waals surface area (Å²) in [5, 5.41) is 18.0. The van der Waals surface area contributed by atoms with Gasteiger partial charge in [-0.25, -0.2) is 0 Å². The molecule has 0 saturated heterocycles. The van der Waals surface area contributed by atoms with E-state index in [4.69, 9.17) is 8.83 Å². The maximum absolute atomic E-state index is 6.50. The third-order valence-electron chi connectivity index (χ3n) is 17.7. The monoisotopic (exact) mass is 1410 g/mol. The molecule has 7 heteroatoms. The van der Waals surface area contributed by atoms with Crippen molar-refractivity contribution in [3.05, 3.63) is 353 Å². The lowest BCUT2D eigenvalue weighted by Gasteiger charge is -2.29. The Morgan fingerprint density at radius 2 is 0.632 bits per heavy atom. The highest BCUT2D eigenvalue weighted by Crippen LogP contribution is 2.48. The lowest BCUT2D eigenvalue weighted by Crippen LogP contribution is -2.11. The van der Waals surface area contributed by atoms with E-state index in [9.17, 15) is 0 Å². The molecule has 18 aromatic rings. The first kappa shape index (κ1) is 59.2. The van der Waals surface area contributed by atoms with Crippen molar-refractivity contribution in [1.82, 2.24) is 0 Å². The summed E-state index contributed by atoms with van der Waals surface area (Å²) in [5.41, 5.74) is 18.4. The van der Waals surface area contributed by atoms with Crippen LogP contribution >= 0.6 is 47.8 Å². The Kier molecular flexibility index (Phi) is 16.2. The smallest absolute Gasteiger partial charge is 0.136 e. The average Bonchev–Trinajstić information content (AvgIpc) is 1.66. The summed E-state index contributed by atoms with van der Waals surface area (Å²) in [6.07, 6.45) is 0. The van der Waals surface area contributed by atoms with Crippen molar-refractivity contribution in [1.29, 1.82) is 0 Å². The average molecular weight is 1410 g/mol. The fourth-order valence-electron chi connectivity index (χ4n) is 13.2. The summed E-state index contributed by atoms with van der Waals surface area (Å²) in [7, 11) is 0. The third-order valence-corrected chi connectivity index (χ3v) is 20.2. The SMILES string of the molecule is Brc1cc2oc3cc(-c4ccccc4)ccc3c2cc1Br.Brc1cc2oc3cc(-c4ccccc4)ccc3c2cc1N(c1cccc(-c2ccccc2)c1)c1cc2ccccc2c2ccccc12.c1ccc(-c2cccc(Nc3cc4ccccc4c4ccccc34)c2)cc1. The van der Waals surface area contributed by atoms with Crippen molar-refractivity contribution in [2.24, 2.45) is 0 Å². The van der Waals surface area contributed by atoms with Crippen molar-refractivity contribution >= 4 is 163 Å². The van der Waals surface area contributed by atoms with E-state index in [0.717, 1.165) is 96.9 Å². The number of rotatable bonds is 9. The molecule has 0 fully saturated rings.